The standard InChI is InChI=1S/C20H21N5O2/c1-3-24-16-10-6-7-11-17(16)25(20(24)27)12-18(26)21-13(2)19-22-14-8-4-5-9-15(14)23-19/h4-11,13H,3,12H2,1-2H3,(H,21,26)(H,22,23). The highest BCUT2D eigenvalue weighted by atomic mass is 16.2. The van der Waals surface area contributed by atoms with Crippen LogP contribution in [0.2, 0.25) is 0 Å². The van der Waals surface area contributed by atoms with Crippen molar-refractivity contribution in [3.05, 3.63) is 64.8 Å². The highest BCUT2D eigenvalue weighted by Gasteiger charge is 2.17. The smallest absolute Gasteiger partial charge is 0.329 e. The lowest BCUT2D eigenvalue weighted by atomic mass is 10.3. The van der Waals surface area contributed by atoms with E-state index in [1.54, 1.807) is 4.57 Å². The number of imidazole rings is 2. The third-order valence-electron chi connectivity index (χ3n) is 4.74. The Morgan fingerprint density at radius 3 is 2.48 bits per heavy atom. The van der Waals surface area contributed by atoms with Crippen LogP contribution in [0, 0.1) is 0 Å². The summed E-state index contributed by atoms with van der Waals surface area (Å²) in [4.78, 5) is 33.0. The van der Waals surface area contributed by atoms with Crippen molar-refractivity contribution in [2.24, 2.45) is 0 Å². The van der Waals surface area contributed by atoms with Crippen LogP contribution in [-0.2, 0) is 17.9 Å². The average molecular weight is 363 g/mol. The molecule has 4 rings (SSSR count). The molecule has 2 aromatic heterocycles. The summed E-state index contributed by atoms with van der Waals surface area (Å²) in [6.45, 7) is 4.32. The lowest BCUT2D eigenvalue weighted by Crippen LogP contribution is -2.34. The molecule has 27 heavy (non-hydrogen) atoms. The topological polar surface area (TPSA) is 84.7 Å². The highest BCUT2D eigenvalue weighted by Crippen LogP contribution is 2.16. The second-order valence-electron chi connectivity index (χ2n) is 6.53. The van der Waals surface area contributed by atoms with Crippen molar-refractivity contribution in [2.45, 2.75) is 33.0 Å². The van der Waals surface area contributed by atoms with Crippen LogP contribution in [0.25, 0.3) is 22.1 Å². The van der Waals surface area contributed by atoms with Gasteiger partial charge in [-0.2, -0.15) is 0 Å². The third kappa shape index (κ3) is 3.01. The van der Waals surface area contributed by atoms with E-state index in [0.717, 1.165) is 22.1 Å². The third-order valence-corrected chi connectivity index (χ3v) is 4.74. The van der Waals surface area contributed by atoms with Crippen molar-refractivity contribution in [3.63, 3.8) is 0 Å². The molecule has 0 saturated carbocycles. The zero-order chi connectivity index (χ0) is 19.0. The largest absolute Gasteiger partial charge is 0.345 e. The highest BCUT2D eigenvalue weighted by molar-refractivity contribution is 5.81. The van der Waals surface area contributed by atoms with Crippen LogP contribution in [0.4, 0.5) is 0 Å². The van der Waals surface area contributed by atoms with Crippen molar-refractivity contribution < 1.29 is 4.79 Å². The molecule has 138 valence electrons. The predicted molar refractivity (Wildman–Crippen MR) is 105 cm³/mol. The molecule has 7 heteroatoms. The fourth-order valence-corrected chi connectivity index (χ4v) is 3.41. The summed E-state index contributed by atoms with van der Waals surface area (Å²) in [7, 11) is 0. The maximum absolute atomic E-state index is 12.7. The van der Waals surface area contributed by atoms with Crippen LogP contribution in [0.3, 0.4) is 0 Å². The fraction of sp³-hybridized carbons (Fsp3) is 0.250. The lowest BCUT2D eigenvalue weighted by molar-refractivity contribution is -0.122. The number of amides is 1. The Morgan fingerprint density at radius 1 is 1.11 bits per heavy atom. The summed E-state index contributed by atoms with van der Waals surface area (Å²) in [5, 5.41) is 2.92. The summed E-state index contributed by atoms with van der Waals surface area (Å²) in [5.74, 6) is 0.456. The number of nitrogens with zero attached hydrogens (tertiary/aromatic N) is 3. The second-order valence-corrected chi connectivity index (χ2v) is 6.53. The van der Waals surface area contributed by atoms with Crippen LogP contribution >= 0.6 is 0 Å². The van der Waals surface area contributed by atoms with Gasteiger partial charge in [0.15, 0.2) is 0 Å². The Morgan fingerprint density at radius 2 is 1.78 bits per heavy atom. The molecule has 2 heterocycles. The van der Waals surface area contributed by atoms with Gasteiger partial charge in [0, 0.05) is 6.54 Å². The minimum absolute atomic E-state index is 0.0308. The molecule has 7 nitrogen and oxygen atoms in total. The van der Waals surface area contributed by atoms with E-state index >= 15 is 0 Å². The van der Waals surface area contributed by atoms with Crippen LogP contribution in [0.1, 0.15) is 25.7 Å². The number of carbonyl (C=O) groups excluding carboxylic acids is 1. The number of H-pyrrole nitrogens is 1. The number of fused-ring (bicyclic) bond motifs is 2. The Kier molecular flexibility index (Phi) is 4.27. The van der Waals surface area contributed by atoms with E-state index < -0.39 is 0 Å². The molecule has 0 aliphatic heterocycles. The number of aryl methyl sites for hydroxylation is 1. The van der Waals surface area contributed by atoms with Gasteiger partial charge >= 0.3 is 5.69 Å². The van der Waals surface area contributed by atoms with Gasteiger partial charge in [0.2, 0.25) is 5.91 Å². The van der Waals surface area contributed by atoms with E-state index in [0.29, 0.717) is 12.4 Å². The quantitative estimate of drug-likeness (QED) is 0.571. The van der Waals surface area contributed by atoms with Gasteiger partial charge in [-0.1, -0.05) is 24.3 Å². The summed E-state index contributed by atoms with van der Waals surface area (Å²) < 4.78 is 3.19. The number of carbonyl (C=O) groups is 1. The van der Waals surface area contributed by atoms with Crippen LogP contribution in [0.15, 0.2) is 53.3 Å². The number of benzene rings is 2. The average Bonchev–Trinajstić information content (AvgIpc) is 3.21. The van der Waals surface area contributed by atoms with Crippen molar-refractivity contribution in [1.82, 2.24) is 24.4 Å². The van der Waals surface area contributed by atoms with Gasteiger partial charge in [0.25, 0.3) is 0 Å². The SMILES string of the molecule is CCn1c(=O)n(CC(=O)NC(C)c2nc3ccccc3[nH]2)c2ccccc21. The molecule has 0 aliphatic carbocycles. The molecule has 0 radical (unpaired) electrons. The summed E-state index contributed by atoms with van der Waals surface area (Å²) >= 11 is 0. The Balaban J connectivity index is 1.57. The van der Waals surface area contributed by atoms with Crippen molar-refractivity contribution in [1.29, 1.82) is 0 Å². The molecule has 0 fully saturated rings. The van der Waals surface area contributed by atoms with E-state index in [9.17, 15) is 9.59 Å². The second kappa shape index (κ2) is 6.75. The zero-order valence-corrected chi connectivity index (χ0v) is 15.3. The molecule has 1 atom stereocenters. The van der Waals surface area contributed by atoms with E-state index in [2.05, 4.69) is 15.3 Å². The van der Waals surface area contributed by atoms with Gasteiger partial charge in [-0.25, -0.2) is 9.78 Å². The van der Waals surface area contributed by atoms with Gasteiger partial charge in [0.1, 0.15) is 12.4 Å². The Bertz CT molecular complexity index is 1150. The Hall–Kier alpha value is -3.35. The first-order chi connectivity index (χ1) is 13.1. The van der Waals surface area contributed by atoms with Gasteiger partial charge in [0.05, 0.1) is 28.1 Å². The van der Waals surface area contributed by atoms with Crippen LogP contribution in [-0.4, -0.2) is 25.0 Å². The number of aromatic amines is 1. The summed E-state index contributed by atoms with van der Waals surface area (Å²) in [6.07, 6.45) is 0. The lowest BCUT2D eigenvalue weighted by Gasteiger charge is -2.12. The predicted octanol–water partition coefficient (Wildman–Crippen LogP) is 2.58. The molecule has 4 aromatic rings. The van der Waals surface area contributed by atoms with E-state index in [4.69, 9.17) is 0 Å². The monoisotopic (exact) mass is 363 g/mol. The van der Waals surface area contributed by atoms with E-state index in [-0.39, 0.29) is 24.2 Å². The summed E-state index contributed by atoms with van der Waals surface area (Å²) in [6, 6.07) is 14.9. The molecular weight excluding hydrogens is 342 g/mol. The van der Waals surface area contributed by atoms with Gasteiger partial charge in [-0.3, -0.25) is 13.9 Å². The molecule has 0 bridgehead atoms. The molecule has 2 N–H and O–H groups in total. The van der Waals surface area contributed by atoms with Crippen LogP contribution in [0.5, 0.6) is 0 Å². The van der Waals surface area contributed by atoms with Crippen molar-refractivity contribution in [2.75, 3.05) is 0 Å². The van der Waals surface area contributed by atoms with E-state index in [1.807, 2.05) is 62.4 Å². The molecule has 0 aliphatic rings. The van der Waals surface area contributed by atoms with Gasteiger partial charge in [-0.05, 0) is 38.1 Å². The first kappa shape index (κ1) is 17.1. The molecule has 1 amide bonds. The molecule has 2 aromatic carbocycles. The first-order valence-electron chi connectivity index (χ1n) is 9.00. The molecule has 0 spiro atoms. The minimum Gasteiger partial charge on any atom is -0.345 e. The van der Waals surface area contributed by atoms with Crippen molar-refractivity contribution >= 4 is 28.0 Å². The van der Waals surface area contributed by atoms with Gasteiger partial charge < -0.3 is 10.3 Å². The number of aromatic nitrogens is 4. The number of hydrogen-bond acceptors (Lipinski definition) is 3. The maximum atomic E-state index is 12.7. The van der Waals surface area contributed by atoms with Crippen LogP contribution < -0.4 is 11.0 Å². The van der Waals surface area contributed by atoms with Crippen molar-refractivity contribution in [3.8, 4) is 0 Å². The number of hydrogen-bond donors (Lipinski definition) is 2. The molecule has 1 unspecified atom stereocenters. The Labute approximate surface area is 155 Å². The summed E-state index contributed by atoms with van der Waals surface area (Å²) in [5.41, 5.74) is 3.20. The number of rotatable bonds is 5. The normalized spacial score (nSPS) is 12.5. The minimum atomic E-state index is -0.292. The molecular formula is C20H21N5O2. The zero-order valence-electron chi connectivity index (χ0n) is 15.3. The number of nitrogens with one attached hydrogen (secondary N) is 2. The number of para-hydroxylation sites is 4. The maximum Gasteiger partial charge on any atom is 0.329 e. The fourth-order valence-electron chi connectivity index (χ4n) is 3.41. The van der Waals surface area contributed by atoms with E-state index in [1.165, 1.54) is 4.57 Å². The molecule has 0 saturated heterocycles. The van der Waals surface area contributed by atoms with Gasteiger partial charge in [-0.15, -0.1) is 0 Å². The first-order valence-corrected chi connectivity index (χ1v) is 9.00.